The molecule has 1 fully saturated rings. The van der Waals surface area contributed by atoms with Crippen LogP contribution in [0.2, 0.25) is 0 Å². The van der Waals surface area contributed by atoms with Gasteiger partial charge in [-0.15, -0.1) is 0 Å². The molecule has 1 saturated heterocycles. The molecule has 28 heavy (non-hydrogen) atoms. The van der Waals surface area contributed by atoms with Crippen molar-refractivity contribution in [2.24, 2.45) is 0 Å². The number of nitro groups is 1. The summed E-state index contributed by atoms with van der Waals surface area (Å²) < 4.78 is 6.79. The van der Waals surface area contributed by atoms with Gasteiger partial charge in [0.2, 0.25) is 5.82 Å². The average Bonchev–Trinajstić information content (AvgIpc) is 3.23. The average molecular weight is 383 g/mol. The quantitative estimate of drug-likeness (QED) is 0.515. The first-order valence-electron chi connectivity index (χ1n) is 9.32. The van der Waals surface area contributed by atoms with Crippen LogP contribution in [0.1, 0.15) is 31.1 Å². The van der Waals surface area contributed by atoms with Gasteiger partial charge in [-0.25, -0.2) is 4.98 Å². The van der Waals surface area contributed by atoms with Crippen molar-refractivity contribution in [3.8, 4) is 0 Å². The molecule has 9 heteroatoms. The molecule has 3 aromatic rings. The first-order valence-corrected chi connectivity index (χ1v) is 9.32. The van der Waals surface area contributed by atoms with Gasteiger partial charge in [0.25, 0.3) is 0 Å². The number of anilines is 1. The van der Waals surface area contributed by atoms with Crippen molar-refractivity contribution >= 4 is 17.2 Å². The molecule has 1 unspecified atom stereocenters. The first kappa shape index (κ1) is 18.2. The van der Waals surface area contributed by atoms with Gasteiger partial charge in [-0.1, -0.05) is 12.5 Å². The number of hydrogen-bond donors (Lipinski definition) is 1. The van der Waals surface area contributed by atoms with Crippen molar-refractivity contribution in [3.63, 3.8) is 0 Å². The van der Waals surface area contributed by atoms with Gasteiger partial charge in [-0.3, -0.25) is 24.2 Å². The highest BCUT2D eigenvalue weighted by molar-refractivity contribution is 5.59. The van der Waals surface area contributed by atoms with Crippen LogP contribution < -0.4 is 10.9 Å². The van der Waals surface area contributed by atoms with Gasteiger partial charge in [0.15, 0.2) is 0 Å². The van der Waals surface area contributed by atoms with Crippen LogP contribution in [0.15, 0.2) is 52.0 Å². The van der Waals surface area contributed by atoms with Crippen LogP contribution in [0.4, 0.5) is 11.5 Å². The Hall–Kier alpha value is -3.20. The van der Waals surface area contributed by atoms with E-state index in [1.807, 2.05) is 12.1 Å². The molecule has 0 aromatic carbocycles. The standard InChI is InChI=1S/C19H21N5O4/c25-19-17(24(26)27)18(21-16-8-2-5-11-23(16)19)20-13-14(15-7-6-12-28-15)22-9-3-1-4-10-22/h2,5-8,11-12,14,20H,1,3-4,9-10,13H2. The molecule has 1 atom stereocenters. The van der Waals surface area contributed by atoms with Crippen molar-refractivity contribution in [1.82, 2.24) is 14.3 Å². The summed E-state index contributed by atoms with van der Waals surface area (Å²) in [5, 5.41) is 14.6. The van der Waals surface area contributed by atoms with Gasteiger partial charge < -0.3 is 9.73 Å². The number of fused-ring (bicyclic) bond motifs is 1. The Morgan fingerprint density at radius 1 is 1.21 bits per heavy atom. The number of hydrogen-bond acceptors (Lipinski definition) is 7. The predicted molar refractivity (Wildman–Crippen MR) is 103 cm³/mol. The first-order chi connectivity index (χ1) is 13.6. The summed E-state index contributed by atoms with van der Waals surface area (Å²) in [6, 6.07) is 8.65. The van der Waals surface area contributed by atoms with Gasteiger partial charge in [0, 0.05) is 12.7 Å². The van der Waals surface area contributed by atoms with E-state index >= 15 is 0 Å². The molecular formula is C19H21N5O4. The minimum atomic E-state index is -0.703. The van der Waals surface area contributed by atoms with Crippen molar-refractivity contribution in [2.75, 3.05) is 25.0 Å². The second-order valence-corrected chi connectivity index (χ2v) is 6.81. The van der Waals surface area contributed by atoms with E-state index in [1.54, 1.807) is 24.5 Å². The van der Waals surface area contributed by atoms with Crippen molar-refractivity contribution in [3.05, 3.63) is 69.0 Å². The van der Waals surface area contributed by atoms with Crippen LogP contribution in [0, 0.1) is 10.1 Å². The summed E-state index contributed by atoms with van der Waals surface area (Å²) in [5.74, 6) is 0.768. The number of likely N-dealkylation sites (tertiary alicyclic amines) is 1. The summed E-state index contributed by atoms with van der Waals surface area (Å²) in [7, 11) is 0. The number of aromatic nitrogens is 2. The number of furan rings is 1. The zero-order chi connectivity index (χ0) is 19.5. The van der Waals surface area contributed by atoms with Crippen molar-refractivity contribution in [1.29, 1.82) is 0 Å². The minimum Gasteiger partial charge on any atom is -0.468 e. The lowest BCUT2D eigenvalue weighted by atomic mass is 10.1. The van der Waals surface area contributed by atoms with Crippen LogP contribution in [0.5, 0.6) is 0 Å². The van der Waals surface area contributed by atoms with Gasteiger partial charge >= 0.3 is 11.2 Å². The number of rotatable bonds is 6. The van der Waals surface area contributed by atoms with Crippen LogP contribution in [-0.4, -0.2) is 38.8 Å². The Bertz CT molecular complexity index is 1020. The molecule has 9 nitrogen and oxygen atoms in total. The summed E-state index contributed by atoms with van der Waals surface area (Å²) in [6.07, 6.45) is 6.50. The molecule has 1 aliphatic heterocycles. The maximum absolute atomic E-state index is 12.6. The third kappa shape index (κ3) is 3.48. The summed E-state index contributed by atoms with van der Waals surface area (Å²) in [6.45, 7) is 2.22. The molecule has 4 heterocycles. The highest BCUT2D eigenvalue weighted by atomic mass is 16.6. The number of pyridine rings is 1. The van der Waals surface area contributed by atoms with E-state index < -0.39 is 16.2 Å². The van der Waals surface area contributed by atoms with E-state index in [0.29, 0.717) is 12.2 Å². The lowest BCUT2D eigenvalue weighted by molar-refractivity contribution is -0.385. The Balaban J connectivity index is 1.67. The zero-order valence-electron chi connectivity index (χ0n) is 15.3. The third-order valence-corrected chi connectivity index (χ3v) is 5.06. The normalized spacial score (nSPS) is 16.1. The lowest BCUT2D eigenvalue weighted by Gasteiger charge is -2.33. The van der Waals surface area contributed by atoms with Crippen molar-refractivity contribution < 1.29 is 9.34 Å². The van der Waals surface area contributed by atoms with Gasteiger partial charge in [0.1, 0.15) is 11.4 Å². The Morgan fingerprint density at radius 3 is 2.75 bits per heavy atom. The van der Waals surface area contributed by atoms with Crippen molar-refractivity contribution in [2.45, 2.75) is 25.3 Å². The topological polar surface area (TPSA) is 106 Å². The molecule has 0 bridgehead atoms. The van der Waals surface area contributed by atoms with Crippen LogP contribution in [-0.2, 0) is 0 Å². The molecule has 1 N–H and O–H groups in total. The summed E-state index contributed by atoms with van der Waals surface area (Å²) >= 11 is 0. The highest BCUT2D eigenvalue weighted by Gasteiger charge is 2.28. The van der Waals surface area contributed by atoms with E-state index in [4.69, 9.17) is 4.42 Å². The van der Waals surface area contributed by atoms with Crippen LogP contribution in [0.25, 0.3) is 5.65 Å². The SMILES string of the molecule is O=c1c([N+](=O)[O-])c(NCC(c2ccco2)N2CCCCC2)nc2ccccn12. The molecule has 0 saturated carbocycles. The third-order valence-electron chi connectivity index (χ3n) is 5.06. The number of nitrogens with one attached hydrogen (secondary N) is 1. The molecule has 0 aliphatic carbocycles. The highest BCUT2D eigenvalue weighted by Crippen LogP contribution is 2.27. The number of piperidine rings is 1. The Kier molecular flexibility index (Phi) is 5.07. The fourth-order valence-electron chi connectivity index (χ4n) is 3.68. The largest absolute Gasteiger partial charge is 0.468 e. The fourth-order valence-corrected chi connectivity index (χ4v) is 3.68. The Labute approximate surface area is 160 Å². The summed E-state index contributed by atoms with van der Waals surface area (Å²) in [4.78, 5) is 30.1. The molecule has 4 rings (SSSR count). The molecule has 0 radical (unpaired) electrons. The molecule has 0 spiro atoms. The maximum atomic E-state index is 12.6. The second-order valence-electron chi connectivity index (χ2n) is 6.81. The lowest BCUT2D eigenvalue weighted by Crippen LogP contribution is -2.37. The number of nitrogens with zero attached hydrogens (tertiary/aromatic N) is 4. The van der Waals surface area contributed by atoms with E-state index in [9.17, 15) is 14.9 Å². The van der Waals surface area contributed by atoms with E-state index in [2.05, 4.69) is 15.2 Å². The smallest absolute Gasteiger partial charge is 0.376 e. The van der Waals surface area contributed by atoms with Crippen LogP contribution in [0.3, 0.4) is 0 Å². The van der Waals surface area contributed by atoms with E-state index in [0.717, 1.165) is 31.7 Å². The van der Waals surface area contributed by atoms with E-state index in [-0.39, 0.29) is 11.9 Å². The van der Waals surface area contributed by atoms with Gasteiger partial charge in [-0.2, -0.15) is 0 Å². The molecule has 146 valence electrons. The maximum Gasteiger partial charge on any atom is 0.376 e. The molecule has 3 aromatic heterocycles. The zero-order valence-corrected chi connectivity index (χ0v) is 15.3. The molecular weight excluding hydrogens is 362 g/mol. The van der Waals surface area contributed by atoms with E-state index in [1.165, 1.54) is 17.0 Å². The Morgan fingerprint density at radius 2 is 2.04 bits per heavy atom. The molecule has 1 aliphatic rings. The van der Waals surface area contributed by atoms with Gasteiger partial charge in [0.05, 0.1) is 17.2 Å². The fraction of sp³-hybridized carbons (Fsp3) is 0.368. The van der Waals surface area contributed by atoms with Gasteiger partial charge in [-0.05, 0) is 50.2 Å². The predicted octanol–water partition coefficient (Wildman–Crippen LogP) is 2.83. The summed E-state index contributed by atoms with van der Waals surface area (Å²) in [5.41, 5.74) is -0.903. The monoisotopic (exact) mass is 383 g/mol. The second kappa shape index (κ2) is 7.81. The van der Waals surface area contributed by atoms with Crippen LogP contribution >= 0.6 is 0 Å². The minimum absolute atomic E-state index is 0.0187. The molecule has 0 amide bonds.